The normalized spacial score (nSPS) is 61.6. The van der Waals surface area contributed by atoms with Crippen molar-refractivity contribution in [3.63, 3.8) is 0 Å². The van der Waals surface area contributed by atoms with Crippen LogP contribution in [0.2, 0.25) is 0 Å². The van der Waals surface area contributed by atoms with Crippen molar-refractivity contribution >= 4 is 15.9 Å². The molecule has 0 saturated heterocycles. The van der Waals surface area contributed by atoms with Gasteiger partial charge in [0.25, 0.3) is 0 Å². The lowest BCUT2D eigenvalue weighted by atomic mass is 9.42. The molecule has 23 heavy (non-hydrogen) atoms. The molecule has 132 valence electrons. The molecule has 0 unspecified atom stereocenters. The monoisotopic (exact) mass is 384 g/mol. The summed E-state index contributed by atoms with van der Waals surface area (Å²) in [5.41, 5.74) is -0.874. The third-order valence-electron chi connectivity index (χ3n) is 8.88. The Morgan fingerprint density at radius 3 is 2.39 bits per heavy atom. The summed E-state index contributed by atoms with van der Waals surface area (Å²) in [5, 5.41) is 23.0. The first-order valence-corrected chi connectivity index (χ1v) is 10.6. The highest BCUT2D eigenvalue weighted by molar-refractivity contribution is 9.09. The number of fused-ring (bicyclic) bond motifs is 3. The van der Waals surface area contributed by atoms with Crippen molar-refractivity contribution in [1.82, 2.24) is 0 Å². The first kappa shape index (κ1) is 16.8. The number of hydrogen-bond acceptors (Lipinski definition) is 2. The molecule has 0 radical (unpaired) electrons. The van der Waals surface area contributed by atoms with Gasteiger partial charge in [-0.05, 0) is 81.0 Å². The van der Waals surface area contributed by atoms with Crippen LogP contribution in [-0.4, -0.2) is 26.2 Å². The maximum Gasteiger partial charge on any atom is 0.0731 e. The molecule has 2 bridgehead atoms. The summed E-state index contributed by atoms with van der Waals surface area (Å²) in [6, 6.07) is 0. The van der Waals surface area contributed by atoms with Gasteiger partial charge in [0.05, 0.1) is 11.2 Å². The van der Waals surface area contributed by atoms with Gasteiger partial charge in [-0.2, -0.15) is 0 Å². The summed E-state index contributed by atoms with van der Waals surface area (Å²) in [4.78, 5) is 0.504. The van der Waals surface area contributed by atoms with Gasteiger partial charge in [0.2, 0.25) is 0 Å². The highest BCUT2D eigenvalue weighted by atomic mass is 79.9. The second kappa shape index (κ2) is 4.76. The molecule has 2 nitrogen and oxygen atoms in total. The summed E-state index contributed by atoms with van der Waals surface area (Å²) < 4.78 is 0. The van der Waals surface area contributed by atoms with Gasteiger partial charge in [0.1, 0.15) is 0 Å². The molecule has 0 aromatic rings. The number of alkyl halides is 1. The second-order valence-electron chi connectivity index (χ2n) is 10.2. The lowest BCUT2D eigenvalue weighted by molar-refractivity contribution is -0.225. The third-order valence-corrected chi connectivity index (χ3v) is 10.4. The molecule has 2 N–H and O–H groups in total. The third kappa shape index (κ3) is 1.88. The van der Waals surface area contributed by atoms with Crippen LogP contribution >= 0.6 is 15.9 Å². The topological polar surface area (TPSA) is 40.5 Å². The van der Waals surface area contributed by atoms with E-state index in [9.17, 15) is 10.2 Å². The second-order valence-corrected chi connectivity index (χ2v) is 11.3. The van der Waals surface area contributed by atoms with Crippen LogP contribution in [0.4, 0.5) is 0 Å². The van der Waals surface area contributed by atoms with Gasteiger partial charge in [-0.1, -0.05) is 36.7 Å². The zero-order valence-corrected chi connectivity index (χ0v) is 16.7. The summed E-state index contributed by atoms with van der Waals surface area (Å²) >= 11 is 3.97. The Kier molecular flexibility index (Phi) is 3.49. The van der Waals surface area contributed by atoms with Gasteiger partial charge < -0.3 is 10.2 Å². The van der Waals surface area contributed by atoms with Gasteiger partial charge in [0.15, 0.2) is 0 Å². The van der Waals surface area contributed by atoms with E-state index in [1.165, 1.54) is 12.8 Å². The number of hydrogen-bond donors (Lipinski definition) is 2. The molecule has 1 spiro atoms. The van der Waals surface area contributed by atoms with Crippen LogP contribution in [0.15, 0.2) is 0 Å². The standard InChI is InChI=1S/C20H33BrO2/c1-12(2)20(23)11-13-9-14-16-17(3,7-8-19(14,20)10-13)15(21)5-6-18(16,4)22/h12-16,22-23H,5-11H2,1-4H3/t13-,14+,15+,16+,17-,18-,19-,20-/m0/s1. The zero-order valence-electron chi connectivity index (χ0n) is 15.1. The minimum absolute atomic E-state index is 0.0596. The molecule has 3 heteroatoms. The fourth-order valence-electron chi connectivity index (χ4n) is 7.91. The quantitative estimate of drug-likeness (QED) is 0.652. The highest BCUT2D eigenvalue weighted by Gasteiger charge is 2.73. The van der Waals surface area contributed by atoms with Gasteiger partial charge in [0, 0.05) is 10.2 Å². The molecule has 0 amide bonds. The van der Waals surface area contributed by atoms with Crippen molar-refractivity contribution in [1.29, 1.82) is 0 Å². The Morgan fingerprint density at radius 1 is 1.04 bits per heavy atom. The summed E-state index contributed by atoms with van der Waals surface area (Å²) in [7, 11) is 0. The van der Waals surface area contributed by atoms with Crippen molar-refractivity contribution in [2.45, 2.75) is 88.7 Å². The molecule has 4 fully saturated rings. The van der Waals surface area contributed by atoms with Crippen molar-refractivity contribution in [3.05, 3.63) is 0 Å². The van der Waals surface area contributed by atoms with Gasteiger partial charge >= 0.3 is 0 Å². The largest absolute Gasteiger partial charge is 0.390 e. The first-order chi connectivity index (χ1) is 10.6. The predicted octanol–water partition coefficient (Wildman–Crippen LogP) is 4.51. The summed E-state index contributed by atoms with van der Waals surface area (Å²) in [6.07, 6.45) is 7.66. The van der Waals surface area contributed by atoms with Crippen LogP contribution in [-0.2, 0) is 0 Å². The van der Waals surface area contributed by atoms with Crippen LogP contribution in [0.1, 0.15) is 72.6 Å². The average Bonchev–Trinajstić information content (AvgIpc) is 2.94. The molecule has 0 heterocycles. The highest BCUT2D eigenvalue weighted by Crippen LogP contribution is 2.75. The molecular formula is C20H33BrO2. The molecular weight excluding hydrogens is 352 g/mol. The number of rotatable bonds is 1. The fraction of sp³-hybridized carbons (Fsp3) is 1.00. The Labute approximate surface area is 149 Å². The van der Waals surface area contributed by atoms with E-state index in [2.05, 4.69) is 43.6 Å². The SMILES string of the molecule is CC(C)[C@@]1(O)C[C@H]2C[C@@H]3[C@@H]4[C@@](C)(CC[C@]31C2)[C@H](Br)CC[C@]4(C)O. The van der Waals surface area contributed by atoms with E-state index in [-0.39, 0.29) is 10.8 Å². The molecule has 4 aliphatic rings. The number of halogens is 1. The summed E-state index contributed by atoms with van der Waals surface area (Å²) in [6.45, 7) is 8.88. The van der Waals surface area contributed by atoms with Crippen molar-refractivity contribution in [3.8, 4) is 0 Å². The number of aliphatic hydroxyl groups is 2. The van der Waals surface area contributed by atoms with Crippen LogP contribution in [0.25, 0.3) is 0 Å². The predicted molar refractivity (Wildman–Crippen MR) is 96.5 cm³/mol. The summed E-state index contributed by atoms with van der Waals surface area (Å²) in [5.74, 6) is 1.79. The maximum absolute atomic E-state index is 11.7. The van der Waals surface area contributed by atoms with E-state index >= 15 is 0 Å². The molecule has 0 aliphatic heterocycles. The van der Waals surface area contributed by atoms with Crippen molar-refractivity contribution in [2.24, 2.45) is 34.5 Å². The first-order valence-electron chi connectivity index (χ1n) is 9.66. The van der Waals surface area contributed by atoms with Crippen LogP contribution < -0.4 is 0 Å². The molecule has 0 aromatic heterocycles. The van der Waals surface area contributed by atoms with Crippen molar-refractivity contribution in [2.75, 3.05) is 0 Å². The lowest BCUT2D eigenvalue weighted by Crippen LogP contribution is -2.66. The van der Waals surface area contributed by atoms with Crippen LogP contribution in [0, 0.1) is 34.5 Å². The Morgan fingerprint density at radius 2 is 1.74 bits per heavy atom. The lowest BCUT2D eigenvalue weighted by Gasteiger charge is -2.65. The smallest absolute Gasteiger partial charge is 0.0731 e. The minimum Gasteiger partial charge on any atom is -0.390 e. The molecule has 4 saturated carbocycles. The Balaban J connectivity index is 1.81. The zero-order chi connectivity index (χ0) is 16.8. The van der Waals surface area contributed by atoms with E-state index in [4.69, 9.17) is 0 Å². The minimum atomic E-state index is -0.584. The van der Waals surface area contributed by atoms with Crippen molar-refractivity contribution < 1.29 is 10.2 Å². The van der Waals surface area contributed by atoms with E-state index in [1.54, 1.807) is 0 Å². The van der Waals surface area contributed by atoms with Crippen LogP contribution in [0.5, 0.6) is 0 Å². The maximum atomic E-state index is 11.7. The van der Waals surface area contributed by atoms with E-state index in [0.717, 1.165) is 32.1 Å². The average molecular weight is 385 g/mol. The van der Waals surface area contributed by atoms with Crippen LogP contribution in [0.3, 0.4) is 0 Å². The van der Waals surface area contributed by atoms with E-state index in [0.29, 0.717) is 28.5 Å². The Bertz CT molecular complexity index is 518. The molecule has 8 atom stereocenters. The van der Waals surface area contributed by atoms with Gasteiger partial charge in [-0.25, -0.2) is 0 Å². The van der Waals surface area contributed by atoms with E-state index < -0.39 is 11.2 Å². The Hall–Kier alpha value is 0.400. The van der Waals surface area contributed by atoms with Gasteiger partial charge in [-0.3, -0.25) is 0 Å². The molecule has 4 rings (SSSR count). The fourth-order valence-corrected chi connectivity index (χ4v) is 8.65. The molecule has 4 aliphatic carbocycles. The van der Waals surface area contributed by atoms with Gasteiger partial charge in [-0.15, -0.1) is 0 Å². The van der Waals surface area contributed by atoms with E-state index in [1.807, 2.05) is 0 Å². The molecule has 0 aromatic carbocycles.